The van der Waals surface area contributed by atoms with E-state index in [1.807, 2.05) is 0 Å². The van der Waals surface area contributed by atoms with E-state index in [0.29, 0.717) is 6.42 Å². The van der Waals surface area contributed by atoms with Gasteiger partial charge in [-0.15, -0.1) is 0 Å². The second-order valence-electron chi connectivity index (χ2n) is 2.23. The predicted octanol–water partition coefficient (Wildman–Crippen LogP) is 0.400. The monoisotopic (exact) mass is 218 g/mol. The van der Waals surface area contributed by atoms with Crippen LogP contribution in [0.5, 0.6) is 0 Å². The molecule has 7 heteroatoms. The van der Waals surface area contributed by atoms with Crippen molar-refractivity contribution in [1.29, 1.82) is 0 Å². The quantitative estimate of drug-likeness (QED) is 0.246. The Bertz CT molecular complexity index is 251. The number of amides is 1. The van der Waals surface area contributed by atoms with E-state index in [1.165, 1.54) is 17.9 Å². The molecule has 3 N–H and O–H groups in total. The molecule has 0 saturated heterocycles. The lowest BCUT2D eigenvalue weighted by molar-refractivity contribution is -0.121. The average Bonchev–Trinajstić information content (AvgIpc) is 2.64. The van der Waals surface area contributed by atoms with Crippen molar-refractivity contribution in [2.24, 2.45) is 5.84 Å². The lowest BCUT2D eigenvalue weighted by atomic mass is 10.3. The van der Waals surface area contributed by atoms with Crippen molar-refractivity contribution in [2.75, 3.05) is 5.75 Å². The van der Waals surface area contributed by atoms with Gasteiger partial charge in [-0.25, -0.2) is 10.8 Å². The number of nitrogens with one attached hydrogen (secondary N) is 1. The van der Waals surface area contributed by atoms with Gasteiger partial charge < -0.3 is 0 Å². The number of hydrogen-bond acceptors (Lipinski definition) is 6. The van der Waals surface area contributed by atoms with Crippen molar-refractivity contribution in [2.45, 2.75) is 17.2 Å². The largest absolute Gasteiger partial charge is 0.294 e. The molecule has 0 bridgehead atoms. The third kappa shape index (κ3) is 4.20. The Labute approximate surface area is 84.3 Å². The second-order valence-corrected chi connectivity index (χ2v) is 4.35. The molecular weight excluding hydrogens is 208 g/mol. The van der Waals surface area contributed by atoms with Gasteiger partial charge in [0.05, 0.1) is 0 Å². The standard InChI is InChI=1S/C6H10N4OS2/c7-10-5(11)2-1-3-12-6-8-4-9-13-6/h4H,1-3,7H2,(H,10,11). The van der Waals surface area contributed by atoms with Crippen molar-refractivity contribution in [3.8, 4) is 0 Å². The highest BCUT2D eigenvalue weighted by atomic mass is 32.2. The number of carbonyl (C=O) groups excluding carboxylic acids is 1. The molecule has 0 spiro atoms. The molecule has 0 aliphatic rings. The van der Waals surface area contributed by atoms with Gasteiger partial charge in [-0.3, -0.25) is 10.2 Å². The van der Waals surface area contributed by atoms with Crippen LogP contribution >= 0.6 is 23.3 Å². The number of carbonyl (C=O) groups is 1. The third-order valence-electron chi connectivity index (χ3n) is 1.28. The van der Waals surface area contributed by atoms with E-state index in [1.54, 1.807) is 11.8 Å². The van der Waals surface area contributed by atoms with Crippen LogP contribution in [0.4, 0.5) is 0 Å². The van der Waals surface area contributed by atoms with Crippen LogP contribution in [0.1, 0.15) is 12.8 Å². The van der Waals surface area contributed by atoms with E-state index in [9.17, 15) is 4.79 Å². The van der Waals surface area contributed by atoms with Crippen LogP contribution in [0.15, 0.2) is 10.7 Å². The molecule has 0 aliphatic carbocycles. The van der Waals surface area contributed by atoms with Gasteiger partial charge in [-0.2, -0.15) is 4.37 Å². The number of nitrogens with zero attached hydrogens (tertiary/aromatic N) is 2. The number of hydrogen-bond donors (Lipinski definition) is 2. The fourth-order valence-electron chi connectivity index (χ4n) is 0.691. The number of aromatic nitrogens is 2. The average molecular weight is 218 g/mol. The molecule has 0 unspecified atom stereocenters. The first kappa shape index (κ1) is 10.4. The second kappa shape index (κ2) is 5.90. The van der Waals surface area contributed by atoms with Crippen LogP contribution in [-0.4, -0.2) is 21.0 Å². The van der Waals surface area contributed by atoms with Crippen LogP contribution in [0.3, 0.4) is 0 Å². The van der Waals surface area contributed by atoms with Gasteiger partial charge in [0.25, 0.3) is 0 Å². The van der Waals surface area contributed by atoms with Gasteiger partial charge in [0.2, 0.25) is 5.91 Å². The number of nitrogens with two attached hydrogens (primary N) is 1. The molecule has 1 aromatic heterocycles. The maximum absolute atomic E-state index is 10.7. The van der Waals surface area contributed by atoms with Crippen LogP contribution in [-0.2, 0) is 4.79 Å². The summed E-state index contributed by atoms with van der Waals surface area (Å²) in [6.07, 6.45) is 2.79. The summed E-state index contributed by atoms with van der Waals surface area (Å²) in [5.41, 5.74) is 2.09. The maximum atomic E-state index is 10.7. The summed E-state index contributed by atoms with van der Waals surface area (Å²) < 4.78 is 4.80. The normalized spacial score (nSPS) is 9.92. The van der Waals surface area contributed by atoms with Crippen molar-refractivity contribution in [3.63, 3.8) is 0 Å². The van der Waals surface area contributed by atoms with Crippen molar-refractivity contribution in [3.05, 3.63) is 6.33 Å². The molecule has 0 atom stereocenters. The van der Waals surface area contributed by atoms with Crippen LogP contribution in [0, 0.1) is 0 Å². The number of thioether (sulfide) groups is 1. The van der Waals surface area contributed by atoms with Gasteiger partial charge >= 0.3 is 0 Å². The van der Waals surface area contributed by atoms with Crippen LogP contribution in [0.25, 0.3) is 0 Å². The Morgan fingerprint density at radius 2 is 2.62 bits per heavy atom. The summed E-state index contributed by atoms with van der Waals surface area (Å²) in [4.78, 5) is 14.7. The summed E-state index contributed by atoms with van der Waals surface area (Å²) in [7, 11) is 0. The molecule has 13 heavy (non-hydrogen) atoms. The lowest BCUT2D eigenvalue weighted by Gasteiger charge is -1.97. The molecule has 1 rings (SSSR count). The molecule has 0 fully saturated rings. The number of rotatable bonds is 5. The Morgan fingerprint density at radius 1 is 1.77 bits per heavy atom. The Balaban J connectivity index is 2.05. The Hall–Kier alpha value is -0.660. The van der Waals surface area contributed by atoms with Gasteiger partial charge in [-0.1, -0.05) is 11.8 Å². The zero-order valence-corrected chi connectivity index (χ0v) is 8.53. The highest BCUT2D eigenvalue weighted by Crippen LogP contribution is 2.19. The summed E-state index contributed by atoms with van der Waals surface area (Å²) >= 11 is 2.97. The van der Waals surface area contributed by atoms with Gasteiger partial charge in [0, 0.05) is 12.2 Å². The zero-order valence-electron chi connectivity index (χ0n) is 6.90. The smallest absolute Gasteiger partial charge is 0.233 e. The van der Waals surface area contributed by atoms with E-state index >= 15 is 0 Å². The third-order valence-corrected chi connectivity index (χ3v) is 3.16. The Kier molecular flexibility index (Phi) is 4.73. The zero-order chi connectivity index (χ0) is 9.52. The van der Waals surface area contributed by atoms with Crippen molar-refractivity contribution < 1.29 is 4.79 Å². The lowest BCUT2D eigenvalue weighted by Crippen LogP contribution is -2.29. The van der Waals surface area contributed by atoms with Gasteiger partial charge in [-0.05, 0) is 18.0 Å². The van der Waals surface area contributed by atoms with E-state index in [2.05, 4.69) is 14.8 Å². The SMILES string of the molecule is NNC(=O)CCCSc1ncns1. The molecule has 1 amide bonds. The molecule has 1 aromatic rings. The Morgan fingerprint density at radius 3 is 3.23 bits per heavy atom. The summed E-state index contributed by atoms with van der Waals surface area (Å²) in [6.45, 7) is 0. The number of hydrazine groups is 1. The fraction of sp³-hybridized carbons (Fsp3) is 0.500. The van der Waals surface area contributed by atoms with E-state index in [0.717, 1.165) is 16.5 Å². The molecule has 0 saturated carbocycles. The molecule has 0 radical (unpaired) electrons. The van der Waals surface area contributed by atoms with E-state index in [4.69, 9.17) is 5.84 Å². The van der Waals surface area contributed by atoms with E-state index in [-0.39, 0.29) is 5.91 Å². The minimum atomic E-state index is -0.127. The highest BCUT2D eigenvalue weighted by Gasteiger charge is 2.00. The molecule has 0 aromatic carbocycles. The van der Waals surface area contributed by atoms with Crippen molar-refractivity contribution in [1.82, 2.24) is 14.8 Å². The molecule has 72 valence electrons. The first-order valence-corrected chi connectivity index (χ1v) is 5.47. The first-order chi connectivity index (χ1) is 6.33. The van der Waals surface area contributed by atoms with Crippen LogP contribution in [0.2, 0.25) is 0 Å². The first-order valence-electron chi connectivity index (χ1n) is 3.72. The molecule has 5 nitrogen and oxygen atoms in total. The summed E-state index contributed by atoms with van der Waals surface area (Å²) in [6, 6.07) is 0. The highest BCUT2D eigenvalue weighted by molar-refractivity contribution is 8.00. The van der Waals surface area contributed by atoms with E-state index < -0.39 is 0 Å². The topological polar surface area (TPSA) is 80.9 Å². The molecule has 1 heterocycles. The van der Waals surface area contributed by atoms with Gasteiger partial charge in [0.15, 0.2) is 4.34 Å². The fourth-order valence-corrected chi connectivity index (χ4v) is 2.14. The summed E-state index contributed by atoms with van der Waals surface area (Å²) in [5.74, 6) is 5.66. The molecule has 0 aliphatic heterocycles. The maximum Gasteiger partial charge on any atom is 0.233 e. The summed E-state index contributed by atoms with van der Waals surface area (Å²) in [5, 5.41) is 0. The predicted molar refractivity (Wildman–Crippen MR) is 52.2 cm³/mol. The van der Waals surface area contributed by atoms with Crippen molar-refractivity contribution >= 4 is 29.2 Å². The molecular formula is C6H10N4OS2. The minimum Gasteiger partial charge on any atom is -0.294 e. The minimum absolute atomic E-state index is 0.127. The van der Waals surface area contributed by atoms with Crippen LogP contribution < -0.4 is 11.3 Å². The van der Waals surface area contributed by atoms with Gasteiger partial charge in [0.1, 0.15) is 6.33 Å².